The highest BCUT2D eigenvalue weighted by molar-refractivity contribution is 5.68. The Morgan fingerprint density at radius 1 is 1.43 bits per heavy atom. The Morgan fingerprint density at radius 3 is 2.57 bits per heavy atom. The minimum Gasteiger partial charge on any atom is -0.377 e. The number of halogens is 1. The van der Waals surface area contributed by atoms with Crippen molar-refractivity contribution in [1.29, 1.82) is 0 Å². The third-order valence-electron chi connectivity index (χ3n) is 2.17. The molecule has 2 nitrogen and oxygen atoms in total. The van der Waals surface area contributed by atoms with Crippen LogP contribution >= 0.6 is 0 Å². The Labute approximate surface area is 83.3 Å². The van der Waals surface area contributed by atoms with Crippen molar-refractivity contribution in [2.24, 2.45) is 0 Å². The lowest BCUT2D eigenvalue weighted by atomic mass is 10.00. The largest absolute Gasteiger partial charge is 0.377 e. The van der Waals surface area contributed by atoms with Crippen molar-refractivity contribution in [2.75, 3.05) is 19.0 Å². The molecule has 0 heterocycles. The third kappa shape index (κ3) is 2.10. The molecule has 3 heteroatoms. The monoisotopic (exact) mass is 195 g/mol. The van der Waals surface area contributed by atoms with Gasteiger partial charge in [-0.15, -0.1) is 0 Å². The highest BCUT2D eigenvalue weighted by atomic mass is 19.1. The van der Waals surface area contributed by atoms with E-state index in [0.717, 1.165) is 17.5 Å². The van der Waals surface area contributed by atoms with Crippen LogP contribution in [0, 0.1) is 5.82 Å². The first-order valence-electron chi connectivity index (χ1n) is 4.48. The molecule has 0 bridgehead atoms. The first-order chi connectivity index (χ1) is 6.56. The molecule has 0 aliphatic carbocycles. The van der Waals surface area contributed by atoms with Crippen molar-refractivity contribution in [3.63, 3.8) is 0 Å². The quantitative estimate of drug-likeness (QED) is 0.689. The zero-order chi connectivity index (χ0) is 10.7. The van der Waals surface area contributed by atoms with Crippen LogP contribution in [0.3, 0.4) is 0 Å². The van der Waals surface area contributed by atoms with Gasteiger partial charge in [-0.05, 0) is 17.7 Å². The van der Waals surface area contributed by atoms with Gasteiger partial charge in [-0.3, -0.25) is 0 Å². The summed E-state index contributed by atoms with van der Waals surface area (Å²) < 4.78 is 13.0. The summed E-state index contributed by atoms with van der Waals surface area (Å²) in [5.74, 6) is -0.483. The minimum absolute atomic E-state index is 0.201. The zero-order valence-electron chi connectivity index (χ0n) is 8.62. The van der Waals surface area contributed by atoms with Crippen molar-refractivity contribution < 1.29 is 9.18 Å². The highest BCUT2D eigenvalue weighted by Gasteiger charge is 2.11. The van der Waals surface area contributed by atoms with E-state index in [1.54, 1.807) is 17.9 Å². The maximum Gasteiger partial charge on any atom is 0.127 e. The van der Waals surface area contributed by atoms with Gasteiger partial charge in [-0.2, -0.15) is 0 Å². The molecule has 0 saturated carbocycles. The summed E-state index contributed by atoms with van der Waals surface area (Å²) in [5.41, 5.74) is 1.61. The molecule has 0 aliphatic heterocycles. The maximum absolute atomic E-state index is 13.0. The van der Waals surface area contributed by atoms with Gasteiger partial charge in [0.1, 0.15) is 12.1 Å². The number of nitrogens with zero attached hydrogens (tertiary/aromatic N) is 1. The van der Waals surface area contributed by atoms with Gasteiger partial charge in [-0.25, -0.2) is 4.39 Å². The molecule has 1 atom stereocenters. The summed E-state index contributed by atoms with van der Waals surface area (Å²) in [4.78, 5) is 12.5. The number of carbonyl (C=O) groups is 1. The zero-order valence-corrected chi connectivity index (χ0v) is 8.62. The normalized spacial score (nSPS) is 12.3. The summed E-state index contributed by atoms with van der Waals surface area (Å²) in [6, 6.07) is 4.47. The van der Waals surface area contributed by atoms with Crippen LogP contribution in [-0.2, 0) is 4.79 Å². The first-order valence-corrected chi connectivity index (χ1v) is 4.48. The van der Waals surface area contributed by atoms with Gasteiger partial charge >= 0.3 is 0 Å². The Morgan fingerprint density at radius 2 is 2.07 bits per heavy atom. The van der Waals surface area contributed by atoms with Crippen LogP contribution in [0.15, 0.2) is 18.2 Å². The van der Waals surface area contributed by atoms with Gasteiger partial charge in [0, 0.05) is 25.7 Å². The minimum atomic E-state index is -0.282. The molecule has 0 radical (unpaired) electrons. The lowest BCUT2D eigenvalue weighted by Gasteiger charge is -2.19. The average molecular weight is 195 g/mol. The number of hydrogen-bond donors (Lipinski definition) is 0. The first kappa shape index (κ1) is 10.7. The fourth-order valence-corrected chi connectivity index (χ4v) is 1.36. The van der Waals surface area contributed by atoms with E-state index in [9.17, 15) is 9.18 Å². The molecule has 0 amide bonds. The molecular formula is C11H14FNO. The molecule has 1 unspecified atom stereocenters. The number of rotatable bonds is 3. The van der Waals surface area contributed by atoms with E-state index in [-0.39, 0.29) is 11.7 Å². The van der Waals surface area contributed by atoms with E-state index >= 15 is 0 Å². The fraction of sp³-hybridized carbons (Fsp3) is 0.364. The molecular weight excluding hydrogens is 181 g/mol. The van der Waals surface area contributed by atoms with Gasteiger partial charge in [0.25, 0.3) is 0 Å². The summed E-state index contributed by atoms with van der Waals surface area (Å²) in [6.07, 6.45) is 0.861. The smallest absolute Gasteiger partial charge is 0.127 e. The predicted octanol–water partition coefficient (Wildman–Crippen LogP) is 2.19. The molecule has 14 heavy (non-hydrogen) atoms. The lowest BCUT2D eigenvalue weighted by molar-refractivity contribution is -0.108. The topological polar surface area (TPSA) is 20.3 Å². The van der Waals surface area contributed by atoms with Gasteiger partial charge in [0.15, 0.2) is 0 Å². The van der Waals surface area contributed by atoms with Crippen LogP contribution < -0.4 is 4.90 Å². The number of benzene rings is 1. The summed E-state index contributed by atoms with van der Waals surface area (Å²) in [6.45, 7) is 1.80. The maximum atomic E-state index is 13.0. The van der Waals surface area contributed by atoms with Gasteiger partial charge in [0.2, 0.25) is 0 Å². The van der Waals surface area contributed by atoms with Crippen LogP contribution in [0.25, 0.3) is 0 Å². The Kier molecular flexibility index (Phi) is 3.23. The summed E-state index contributed by atoms with van der Waals surface area (Å²) in [5, 5.41) is 0. The van der Waals surface area contributed by atoms with Crippen molar-refractivity contribution in [2.45, 2.75) is 12.8 Å². The van der Waals surface area contributed by atoms with Crippen LogP contribution in [0.5, 0.6) is 0 Å². The molecule has 0 aliphatic rings. The SMILES string of the molecule is CC(C=O)c1ccc(F)cc1N(C)C. The molecule has 0 N–H and O–H groups in total. The highest BCUT2D eigenvalue weighted by Crippen LogP contribution is 2.26. The van der Waals surface area contributed by atoms with E-state index < -0.39 is 0 Å². The van der Waals surface area contributed by atoms with Crippen LogP contribution in [0.1, 0.15) is 18.4 Å². The van der Waals surface area contributed by atoms with E-state index in [4.69, 9.17) is 0 Å². The summed E-state index contributed by atoms with van der Waals surface area (Å²) >= 11 is 0. The number of aldehydes is 1. The van der Waals surface area contributed by atoms with E-state index in [1.165, 1.54) is 12.1 Å². The van der Waals surface area contributed by atoms with Crippen molar-refractivity contribution >= 4 is 12.0 Å². The molecule has 1 aromatic carbocycles. The van der Waals surface area contributed by atoms with Gasteiger partial charge < -0.3 is 9.69 Å². The average Bonchev–Trinajstić information content (AvgIpc) is 2.16. The van der Waals surface area contributed by atoms with Gasteiger partial charge in [0.05, 0.1) is 0 Å². The van der Waals surface area contributed by atoms with Crippen LogP contribution in [-0.4, -0.2) is 20.4 Å². The second-order valence-electron chi connectivity index (χ2n) is 3.52. The fourth-order valence-electron chi connectivity index (χ4n) is 1.36. The number of hydrogen-bond acceptors (Lipinski definition) is 2. The van der Waals surface area contributed by atoms with Crippen LogP contribution in [0.4, 0.5) is 10.1 Å². The standard InChI is InChI=1S/C11H14FNO/c1-8(7-14)10-5-4-9(12)6-11(10)13(2)3/h4-8H,1-3H3. The molecule has 76 valence electrons. The molecule has 1 rings (SSSR count). The molecule has 1 aromatic rings. The van der Waals surface area contributed by atoms with E-state index in [1.807, 2.05) is 14.1 Å². The number of anilines is 1. The third-order valence-corrected chi connectivity index (χ3v) is 2.17. The second kappa shape index (κ2) is 4.22. The Hall–Kier alpha value is -1.38. The van der Waals surface area contributed by atoms with Crippen molar-refractivity contribution in [3.05, 3.63) is 29.6 Å². The predicted molar refractivity (Wildman–Crippen MR) is 55.2 cm³/mol. The van der Waals surface area contributed by atoms with Crippen LogP contribution in [0.2, 0.25) is 0 Å². The lowest BCUT2D eigenvalue weighted by Crippen LogP contribution is -2.13. The second-order valence-corrected chi connectivity index (χ2v) is 3.52. The molecule has 0 saturated heterocycles. The Bertz CT molecular complexity index is 336. The molecule has 0 aromatic heterocycles. The summed E-state index contributed by atoms with van der Waals surface area (Å²) in [7, 11) is 3.66. The molecule has 0 spiro atoms. The van der Waals surface area contributed by atoms with E-state index in [2.05, 4.69) is 0 Å². The van der Waals surface area contributed by atoms with E-state index in [0.29, 0.717) is 0 Å². The van der Waals surface area contributed by atoms with Crippen molar-refractivity contribution in [3.8, 4) is 0 Å². The molecule has 0 fully saturated rings. The Balaban J connectivity index is 3.21. The van der Waals surface area contributed by atoms with Crippen molar-refractivity contribution in [1.82, 2.24) is 0 Å². The number of carbonyl (C=O) groups excluding carboxylic acids is 1. The van der Waals surface area contributed by atoms with Gasteiger partial charge in [-0.1, -0.05) is 13.0 Å².